The van der Waals surface area contributed by atoms with Crippen LogP contribution >= 0.6 is 0 Å². The maximum absolute atomic E-state index is 11.0. The molecule has 0 aromatic heterocycles. The van der Waals surface area contributed by atoms with Crippen LogP contribution in [-0.2, 0) is 22.4 Å². The molecule has 0 aliphatic carbocycles. The minimum absolute atomic E-state index is 0.00398. The molecule has 2 heterocycles. The lowest BCUT2D eigenvalue weighted by molar-refractivity contribution is -0.115. The van der Waals surface area contributed by atoms with E-state index < -0.39 is 0 Å². The van der Waals surface area contributed by atoms with Crippen LogP contribution in [0.3, 0.4) is 0 Å². The lowest BCUT2D eigenvalue weighted by Gasteiger charge is -1.99. The standard InChI is InChI=1S/C10H9NO2.C8H7NO/c1-6(12)7-2-3-9-8(4-7)5-10(13)11-9;10-8-5-6-3-1-2-4-7(6)9-8/h2-4H,5H2,1H3,(H,11,13);1-4H,5H2,(H,9,10). The van der Waals surface area contributed by atoms with E-state index in [9.17, 15) is 14.4 Å². The van der Waals surface area contributed by atoms with Crippen molar-refractivity contribution in [1.82, 2.24) is 0 Å². The Kier molecular flexibility index (Phi) is 3.93. The number of carbonyl (C=O) groups excluding carboxylic acids is 3. The van der Waals surface area contributed by atoms with Crippen molar-refractivity contribution in [2.45, 2.75) is 19.8 Å². The van der Waals surface area contributed by atoms with Crippen LogP contribution in [0.15, 0.2) is 42.5 Å². The lowest BCUT2D eigenvalue weighted by atomic mass is 10.1. The summed E-state index contributed by atoms with van der Waals surface area (Å²) in [4.78, 5) is 32.8. The molecule has 0 saturated heterocycles. The van der Waals surface area contributed by atoms with Gasteiger partial charge in [0.1, 0.15) is 0 Å². The molecule has 116 valence electrons. The molecule has 2 N–H and O–H groups in total. The van der Waals surface area contributed by atoms with E-state index in [-0.39, 0.29) is 17.6 Å². The molecule has 4 rings (SSSR count). The van der Waals surface area contributed by atoms with Crippen LogP contribution in [0.5, 0.6) is 0 Å². The van der Waals surface area contributed by atoms with Crippen LogP contribution in [0.4, 0.5) is 11.4 Å². The molecule has 2 aliphatic heterocycles. The van der Waals surface area contributed by atoms with Crippen LogP contribution in [0.25, 0.3) is 0 Å². The van der Waals surface area contributed by atoms with Gasteiger partial charge in [-0.15, -0.1) is 0 Å². The van der Waals surface area contributed by atoms with E-state index in [1.54, 1.807) is 18.2 Å². The Morgan fingerprint density at radius 2 is 1.48 bits per heavy atom. The minimum Gasteiger partial charge on any atom is -0.326 e. The second-order valence-electron chi connectivity index (χ2n) is 5.54. The largest absolute Gasteiger partial charge is 0.326 e. The predicted octanol–water partition coefficient (Wildman–Crippen LogP) is 2.56. The van der Waals surface area contributed by atoms with Gasteiger partial charge in [-0.05, 0) is 42.3 Å². The topological polar surface area (TPSA) is 75.3 Å². The molecule has 5 heteroatoms. The van der Waals surface area contributed by atoms with E-state index in [1.165, 1.54) is 6.92 Å². The number of rotatable bonds is 1. The van der Waals surface area contributed by atoms with Gasteiger partial charge in [-0.25, -0.2) is 0 Å². The van der Waals surface area contributed by atoms with Crippen LogP contribution in [0.1, 0.15) is 28.4 Å². The van der Waals surface area contributed by atoms with E-state index in [2.05, 4.69) is 10.6 Å². The summed E-state index contributed by atoms with van der Waals surface area (Å²) in [6, 6.07) is 13.0. The third-order valence-electron chi connectivity index (χ3n) is 3.78. The highest BCUT2D eigenvalue weighted by Crippen LogP contribution is 2.24. The average Bonchev–Trinajstić information content (AvgIpc) is 3.06. The Morgan fingerprint density at radius 3 is 2.13 bits per heavy atom. The smallest absolute Gasteiger partial charge is 0.228 e. The number of nitrogens with one attached hydrogen (secondary N) is 2. The number of anilines is 2. The highest BCUT2D eigenvalue weighted by Gasteiger charge is 2.18. The molecule has 0 radical (unpaired) electrons. The lowest BCUT2D eigenvalue weighted by Crippen LogP contribution is -2.03. The first-order valence-corrected chi connectivity index (χ1v) is 7.34. The number of hydrogen-bond acceptors (Lipinski definition) is 3. The first-order chi connectivity index (χ1) is 11.0. The molecule has 5 nitrogen and oxygen atoms in total. The summed E-state index contributed by atoms with van der Waals surface area (Å²) in [7, 11) is 0. The number of para-hydroxylation sites is 1. The maximum Gasteiger partial charge on any atom is 0.228 e. The first-order valence-electron chi connectivity index (χ1n) is 7.34. The van der Waals surface area contributed by atoms with Crippen molar-refractivity contribution in [3.63, 3.8) is 0 Å². The van der Waals surface area contributed by atoms with Gasteiger partial charge in [-0.1, -0.05) is 18.2 Å². The van der Waals surface area contributed by atoms with Gasteiger partial charge < -0.3 is 10.6 Å². The van der Waals surface area contributed by atoms with Crippen molar-refractivity contribution in [3.8, 4) is 0 Å². The summed E-state index contributed by atoms with van der Waals surface area (Å²) in [5, 5.41) is 5.47. The SMILES string of the molecule is CC(=O)c1ccc2c(c1)CC(=O)N2.O=C1Cc2ccccc2N1. The van der Waals surface area contributed by atoms with Crippen LogP contribution in [0, 0.1) is 0 Å². The Bertz CT molecular complexity index is 785. The number of carbonyl (C=O) groups is 3. The number of ketones is 1. The zero-order valence-corrected chi connectivity index (χ0v) is 12.7. The third-order valence-corrected chi connectivity index (χ3v) is 3.78. The van der Waals surface area contributed by atoms with E-state index in [4.69, 9.17) is 0 Å². The van der Waals surface area contributed by atoms with E-state index in [1.807, 2.05) is 24.3 Å². The summed E-state index contributed by atoms with van der Waals surface area (Å²) in [6.45, 7) is 1.52. The fraction of sp³-hybridized carbons (Fsp3) is 0.167. The van der Waals surface area contributed by atoms with E-state index in [0.29, 0.717) is 18.4 Å². The van der Waals surface area contributed by atoms with Gasteiger partial charge in [0.2, 0.25) is 11.8 Å². The summed E-state index contributed by atoms with van der Waals surface area (Å²) in [5.74, 6) is 0.124. The number of amides is 2. The summed E-state index contributed by atoms with van der Waals surface area (Å²) in [5.41, 5.74) is 4.47. The fourth-order valence-electron chi connectivity index (χ4n) is 2.61. The zero-order chi connectivity index (χ0) is 16.4. The molecule has 0 saturated carbocycles. The van der Waals surface area contributed by atoms with Crippen molar-refractivity contribution >= 4 is 29.0 Å². The van der Waals surface area contributed by atoms with E-state index in [0.717, 1.165) is 22.5 Å². The molecule has 2 aromatic carbocycles. The second-order valence-corrected chi connectivity index (χ2v) is 5.54. The number of Topliss-reactive ketones (excluding diaryl/α,β-unsaturated/α-hetero) is 1. The molecule has 0 bridgehead atoms. The Morgan fingerprint density at radius 1 is 0.870 bits per heavy atom. The fourth-order valence-corrected chi connectivity index (χ4v) is 2.61. The van der Waals surface area contributed by atoms with Crippen molar-refractivity contribution in [3.05, 3.63) is 59.2 Å². The predicted molar refractivity (Wildman–Crippen MR) is 87.6 cm³/mol. The number of benzene rings is 2. The van der Waals surface area contributed by atoms with Crippen molar-refractivity contribution in [2.24, 2.45) is 0 Å². The molecule has 23 heavy (non-hydrogen) atoms. The normalized spacial score (nSPS) is 14.1. The van der Waals surface area contributed by atoms with Gasteiger partial charge in [0.15, 0.2) is 5.78 Å². The molecule has 2 amide bonds. The summed E-state index contributed by atoms with van der Waals surface area (Å²) >= 11 is 0. The Labute approximate surface area is 133 Å². The third kappa shape index (κ3) is 3.29. The van der Waals surface area contributed by atoms with Crippen LogP contribution in [-0.4, -0.2) is 17.6 Å². The summed E-state index contributed by atoms with van der Waals surface area (Å²) < 4.78 is 0. The van der Waals surface area contributed by atoms with E-state index >= 15 is 0 Å². The molecule has 0 fully saturated rings. The van der Waals surface area contributed by atoms with Gasteiger partial charge in [-0.2, -0.15) is 0 Å². The van der Waals surface area contributed by atoms with Gasteiger partial charge in [0.25, 0.3) is 0 Å². The number of hydrogen-bond donors (Lipinski definition) is 2. The molecule has 0 atom stereocenters. The maximum atomic E-state index is 11.0. The zero-order valence-electron chi connectivity index (χ0n) is 12.7. The minimum atomic E-state index is -0.00398. The van der Waals surface area contributed by atoms with Crippen molar-refractivity contribution in [1.29, 1.82) is 0 Å². The highest BCUT2D eigenvalue weighted by atomic mass is 16.2. The molecule has 0 unspecified atom stereocenters. The van der Waals surface area contributed by atoms with Crippen LogP contribution in [0.2, 0.25) is 0 Å². The van der Waals surface area contributed by atoms with Gasteiger partial charge in [0, 0.05) is 16.9 Å². The van der Waals surface area contributed by atoms with Crippen molar-refractivity contribution < 1.29 is 14.4 Å². The van der Waals surface area contributed by atoms with Gasteiger partial charge in [-0.3, -0.25) is 14.4 Å². The number of fused-ring (bicyclic) bond motifs is 2. The Balaban J connectivity index is 0.000000140. The van der Waals surface area contributed by atoms with Crippen molar-refractivity contribution in [2.75, 3.05) is 10.6 Å². The molecule has 2 aromatic rings. The molecular formula is C18H16N2O3. The highest BCUT2D eigenvalue weighted by molar-refractivity contribution is 6.01. The molecule has 0 spiro atoms. The molecular weight excluding hydrogens is 292 g/mol. The summed E-state index contributed by atoms with van der Waals surface area (Å²) in [6.07, 6.45) is 0.923. The van der Waals surface area contributed by atoms with Gasteiger partial charge >= 0.3 is 0 Å². The average molecular weight is 308 g/mol. The second kappa shape index (κ2) is 6.04. The quantitative estimate of drug-likeness (QED) is 0.795. The monoisotopic (exact) mass is 308 g/mol. The Hall–Kier alpha value is -2.95. The first kappa shape index (κ1) is 15.0. The van der Waals surface area contributed by atoms with Crippen LogP contribution < -0.4 is 10.6 Å². The molecule has 2 aliphatic rings. The van der Waals surface area contributed by atoms with Gasteiger partial charge in [0.05, 0.1) is 12.8 Å².